The third-order valence-electron chi connectivity index (χ3n) is 6.85. The predicted octanol–water partition coefficient (Wildman–Crippen LogP) is 8.16. The number of nitrogens with zero attached hydrogens (tertiary/aromatic N) is 3. The summed E-state index contributed by atoms with van der Waals surface area (Å²) in [6.45, 7) is 2.24. The summed E-state index contributed by atoms with van der Waals surface area (Å²) in [5, 5.41) is 6.14. The lowest BCUT2D eigenvalue weighted by molar-refractivity contribution is 0.737. The Morgan fingerprint density at radius 2 is 1.76 bits per heavy atom. The van der Waals surface area contributed by atoms with Crippen LogP contribution in [0.4, 0.5) is 0 Å². The first-order valence-corrected chi connectivity index (χ1v) is 12.6. The third kappa shape index (κ3) is 2.92. The van der Waals surface area contributed by atoms with Gasteiger partial charge in [0.05, 0.1) is 11.0 Å². The van der Waals surface area contributed by atoms with Crippen molar-refractivity contribution in [2.24, 2.45) is 5.92 Å². The molecule has 3 heterocycles. The molecule has 0 saturated carbocycles. The summed E-state index contributed by atoms with van der Waals surface area (Å²) in [5.41, 5.74) is 5.96. The van der Waals surface area contributed by atoms with E-state index < -0.39 is 0 Å². The number of hydrogen-bond acceptors (Lipinski definition) is 2. The Balaban J connectivity index is 1.37. The molecule has 0 spiro atoms. The van der Waals surface area contributed by atoms with E-state index >= 15 is 0 Å². The maximum absolute atomic E-state index is 4.66. The van der Waals surface area contributed by atoms with Crippen LogP contribution < -0.4 is 0 Å². The normalized spacial score (nSPS) is 16.0. The molecule has 7 rings (SSSR count). The van der Waals surface area contributed by atoms with E-state index in [4.69, 9.17) is 0 Å². The van der Waals surface area contributed by atoms with Crippen LogP contribution in [0, 0.1) is 5.92 Å². The summed E-state index contributed by atoms with van der Waals surface area (Å²) in [6.07, 6.45) is 11.7. The van der Waals surface area contributed by atoms with E-state index in [-0.39, 0.29) is 0 Å². The Kier molecular flexibility index (Phi) is 4.36. The molecule has 6 aromatic rings. The first-order chi connectivity index (χ1) is 16.8. The number of thiophene rings is 1. The molecule has 0 radical (unpaired) electrons. The molecule has 0 aliphatic heterocycles. The van der Waals surface area contributed by atoms with Gasteiger partial charge in [0.1, 0.15) is 5.82 Å². The standard InChI is InChI=1S/C30H23N3S/c1-20-6-8-22(9-7-20)30-31-17-18-32(30)23-11-13-24(14-12-23)33-26-5-3-2-4-25(26)28-27(33)15-10-21-16-19-34-29(21)28/h2-6,8-20H,7H2,1H3. The molecule has 0 bridgehead atoms. The van der Waals surface area contributed by atoms with E-state index in [1.807, 2.05) is 23.7 Å². The van der Waals surface area contributed by atoms with Gasteiger partial charge in [-0.05, 0) is 65.6 Å². The van der Waals surface area contributed by atoms with Crippen molar-refractivity contribution in [1.29, 1.82) is 0 Å². The minimum atomic E-state index is 0.591. The molecule has 34 heavy (non-hydrogen) atoms. The van der Waals surface area contributed by atoms with Crippen molar-refractivity contribution in [1.82, 2.24) is 14.1 Å². The maximum atomic E-state index is 4.66. The molecule has 3 aromatic carbocycles. The highest BCUT2D eigenvalue weighted by Gasteiger charge is 2.16. The molecule has 1 atom stereocenters. The molecular formula is C30H23N3S. The van der Waals surface area contributed by atoms with Crippen molar-refractivity contribution in [3.63, 3.8) is 0 Å². The van der Waals surface area contributed by atoms with Crippen LogP contribution in [0.5, 0.6) is 0 Å². The number of benzene rings is 3. The molecule has 4 heteroatoms. The van der Waals surface area contributed by atoms with Gasteiger partial charge in [0.15, 0.2) is 0 Å². The monoisotopic (exact) mass is 457 g/mol. The van der Waals surface area contributed by atoms with Crippen molar-refractivity contribution in [2.45, 2.75) is 13.3 Å². The average Bonchev–Trinajstić information content (AvgIpc) is 3.61. The lowest BCUT2D eigenvalue weighted by atomic mass is 9.98. The van der Waals surface area contributed by atoms with Crippen LogP contribution in [0.2, 0.25) is 0 Å². The van der Waals surface area contributed by atoms with E-state index in [0.717, 1.165) is 23.6 Å². The number of allylic oxidation sites excluding steroid dienone is 4. The van der Waals surface area contributed by atoms with Gasteiger partial charge in [0, 0.05) is 44.8 Å². The van der Waals surface area contributed by atoms with E-state index in [1.165, 1.54) is 37.5 Å². The molecular weight excluding hydrogens is 434 g/mol. The molecule has 1 aliphatic rings. The number of hydrogen-bond donors (Lipinski definition) is 0. The van der Waals surface area contributed by atoms with Gasteiger partial charge >= 0.3 is 0 Å². The lowest BCUT2D eigenvalue weighted by Gasteiger charge is -2.14. The molecule has 0 amide bonds. The van der Waals surface area contributed by atoms with Gasteiger partial charge in [0.2, 0.25) is 0 Å². The Morgan fingerprint density at radius 1 is 0.912 bits per heavy atom. The van der Waals surface area contributed by atoms with Crippen molar-refractivity contribution >= 4 is 48.8 Å². The zero-order chi connectivity index (χ0) is 22.6. The first-order valence-electron chi connectivity index (χ1n) is 11.7. The third-order valence-corrected chi connectivity index (χ3v) is 7.80. The highest BCUT2D eigenvalue weighted by atomic mass is 32.1. The van der Waals surface area contributed by atoms with Crippen LogP contribution in [0.3, 0.4) is 0 Å². The van der Waals surface area contributed by atoms with Crippen LogP contribution in [0.1, 0.15) is 19.2 Å². The topological polar surface area (TPSA) is 22.8 Å². The number of fused-ring (bicyclic) bond motifs is 5. The summed E-state index contributed by atoms with van der Waals surface area (Å²) in [4.78, 5) is 4.66. The fraction of sp³-hybridized carbons (Fsp3) is 0.100. The highest BCUT2D eigenvalue weighted by molar-refractivity contribution is 7.18. The first kappa shape index (κ1) is 19.6. The zero-order valence-corrected chi connectivity index (χ0v) is 19.7. The molecule has 0 saturated heterocycles. The summed E-state index contributed by atoms with van der Waals surface area (Å²) in [6, 6.07) is 24.3. The number of para-hydroxylation sites is 1. The Labute approximate surface area is 201 Å². The van der Waals surface area contributed by atoms with Gasteiger partial charge in [-0.2, -0.15) is 0 Å². The van der Waals surface area contributed by atoms with Gasteiger partial charge in [-0.25, -0.2) is 4.98 Å². The molecule has 0 fully saturated rings. The SMILES string of the molecule is CC1C=CC(c2nccn2-c2ccc(-n3c4ccccc4c4c5sccc5ccc43)cc2)=CC1. The second-order valence-corrected chi connectivity index (χ2v) is 9.94. The van der Waals surface area contributed by atoms with E-state index in [9.17, 15) is 0 Å². The second kappa shape index (κ2) is 7.57. The second-order valence-electron chi connectivity index (χ2n) is 9.02. The number of imidazole rings is 1. The van der Waals surface area contributed by atoms with Gasteiger partial charge in [-0.1, -0.05) is 49.4 Å². The summed E-state index contributed by atoms with van der Waals surface area (Å²) in [7, 11) is 0. The Morgan fingerprint density at radius 3 is 2.62 bits per heavy atom. The summed E-state index contributed by atoms with van der Waals surface area (Å²) < 4.78 is 5.92. The van der Waals surface area contributed by atoms with Gasteiger partial charge < -0.3 is 4.57 Å². The number of aromatic nitrogens is 3. The molecule has 1 aliphatic carbocycles. The maximum Gasteiger partial charge on any atom is 0.144 e. The van der Waals surface area contributed by atoms with Gasteiger partial charge in [0.25, 0.3) is 0 Å². The fourth-order valence-electron chi connectivity index (χ4n) is 5.14. The zero-order valence-electron chi connectivity index (χ0n) is 18.8. The van der Waals surface area contributed by atoms with Crippen molar-refractivity contribution in [3.8, 4) is 11.4 Å². The van der Waals surface area contributed by atoms with Gasteiger partial charge in [-0.15, -0.1) is 11.3 Å². The fourth-order valence-corrected chi connectivity index (χ4v) is 6.09. The van der Waals surface area contributed by atoms with E-state index in [2.05, 4.69) is 111 Å². The van der Waals surface area contributed by atoms with Crippen LogP contribution in [-0.2, 0) is 0 Å². The molecule has 3 aromatic heterocycles. The van der Waals surface area contributed by atoms with Crippen molar-refractivity contribution in [3.05, 3.63) is 109 Å². The largest absolute Gasteiger partial charge is 0.309 e. The Bertz CT molecular complexity index is 1740. The van der Waals surface area contributed by atoms with Crippen LogP contribution in [0.25, 0.3) is 48.8 Å². The quantitative estimate of drug-likeness (QED) is 0.263. The van der Waals surface area contributed by atoms with Gasteiger partial charge in [-0.3, -0.25) is 4.57 Å². The molecule has 164 valence electrons. The molecule has 3 nitrogen and oxygen atoms in total. The van der Waals surface area contributed by atoms with E-state index in [0.29, 0.717) is 5.92 Å². The Hall–Kier alpha value is -3.89. The van der Waals surface area contributed by atoms with Crippen LogP contribution >= 0.6 is 11.3 Å². The summed E-state index contributed by atoms with van der Waals surface area (Å²) >= 11 is 1.82. The van der Waals surface area contributed by atoms with Crippen molar-refractivity contribution in [2.75, 3.05) is 0 Å². The van der Waals surface area contributed by atoms with Crippen LogP contribution in [0.15, 0.2) is 103 Å². The van der Waals surface area contributed by atoms with E-state index in [1.54, 1.807) is 0 Å². The highest BCUT2D eigenvalue weighted by Crippen LogP contribution is 2.39. The molecule has 0 N–H and O–H groups in total. The molecule has 1 unspecified atom stereocenters. The van der Waals surface area contributed by atoms with Crippen molar-refractivity contribution < 1.29 is 0 Å². The summed E-state index contributed by atoms with van der Waals surface area (Å²) in [5.74, 6) is 1.58. The average molecular weight is 458 g/mol. The minimum absolute atomic E-state index is 0.591. The number of rotatable bonds is 3. The van der Waals surface area contributed by atoms with Crippen LogP contribution in [-0.4, -0.2) is 14.1 Å². The predicted molar refractivity (Wildman–Crippen MR) is 144 cm³/mol. The smallest absolute Gasteiger partial charge is 0.144 e. The lowest BCUT2D eigenvalue weighted by Crippen LogP contribution is -2.02. The minimum Gasteiger partial charge on any atom is -0.309 e.